The SMILES string of the molecule is COc1ccccc1Oc1c(C)oc2cc(OCC(=O)NCCO)ccc2c1=O. The Kier molecular flexibility index (Phi) is 6.36. The zero-order valence-electron chi connectivity index (χ0n) is 16.1. The summed E-state index contributed by atoms with van der Waals surface area (Å²) in [4.78, 5) is 24.5. The Balaban J connectivity index is 1.86. The highest BCUT2D eigenvalue weighted by Gasteiger charge is 2.16. The van der Waals surface area contributed by atoms with Crippen molar-refractivity contribution < 1.29 is 28.5 Å². The van der Waals surface area contributed by atoms with Crippen molar-refractivity contribution in [3.8, 4) is 23.0 Å². The number of rotatable bonds is 8. The van der Waals surface area contributed by atoms with Crippen LogP contribution in [0.2, 0.25) is 0 Å². The van der Waals surface area contributed by atoms with Crippen LogP contribution in [0, 0.1) is 6.92 Å². The summed E-state index contributed by atoms with van der Waals surface area (Å²) >= 11 is 0. The summed E-state index contributed by atoms with van der Waals surface area (Å²) in [6, 6.07) is 11.7. The van der Waals surface area contributed by atoms with Crippen molar-refractivity contribution in [2.45, 2.75) is 6.92 Å². The molecular weight excluding hydrogens is 378 g/mol. The fraction of sp³-hybridized carbons (Fsp3) is 0.238. The van der Waals surface area contributed by atoms with Crippen LogP contribution < -0.4 is 25.0 Å². The number of para-hydroxylation sites is 2. The normalized spacial score (nSPS) is 10.6. The minimum atomic E-state index is -0.364. The largest absolute Gasteiger partial charge is 0.493 e. The van der Waals surface area contributed by atoms with Crippen LogP contribution in [-0.4, -0.2) is 37.9 Å². The Morgan fingerprint density at radius 1 is 1.17 bits per heavy atom. The Hall–Kier alpha value is -3.52. The highest BCUT2D eigenvalue weighted by atomic mass is 16.5. The molecule has 8 nitrogen and oxygen atoms in total. The number of ether oxygens (including phenoxy) is 3. The molecule has 29 heavy (non-hydrogen) atoms. The van der Waals surface area contributed by atoms with E-state index in [9.17, 15) is 9.59 Å². The van der Waals surface area contributed by atoms with Gasteiger partial charge in [0.25, 0.3) is 5.91 Å². The topological polar surface area (TPSA) is 107 Å². The van der Waals surface area contributed by atoms with E-state index in [4.69, 9.17) is 23.7 Å². The molecule has 0 aliphatic carbocycles. The molecule has 3 rings (SSSR count). The van der Waals surface area contributed by atoms with Gasteiger partial charge in [0.2, 0.25) is 11.2 Å². The predicted molar refractivity (Wildman–Crippen MR) is 106 cm³/mol. The lowest BCUT2D eigenvalue weighted by Gasteiger charge is -2.12. The van der Waals surface area contributed by atoms with Crippen molar-refractivity contribution in [3.05, 3.63) is 58.4 Å². The number of aliphatic hydroxyl groups excluding tert-OH is 1. The van der Waals surface area contributed by atoms with Crippen molar-refractivity contribution in [1.29, 1.82) is 0 Å². The Morgan fingerprint density at radius 3 is 2.66 bits per heavy atom. The number of methoxy groups -OCH3 is 1. The number of fused-ring (bicyclic) bond motifs is 1. The van der Waals surface area contributed by atoms with E-state index in [-0.39, 0.29) is 36.8 Å². The first-order valence-electron chi connectivity index (χ1n) is 8.92. The van der Waals surface area contributed by atoms with Crippen LogP contribution in [0.4, 0.5) is 0 Å². The maximum absolute atomic E-state index is 12.9. The van der Waals surface area contributed by atoms with Gasteiger partial charge in [-0.1, -0.05) is 12.1 Å². The molecule has 0 unspecified atom stereocenters. The highest BCUT2D eigenvalue weighted by molar-refractivity contribution is 5.80. The van der Waals surface area contributed by atoms with E-state index in [0.29, 0.717) is 34.0 Å². The van der Waals surface area contributed by atoms with Crippen LogP contribution >= 0.6 is 0 Å². The van der Waals surface area contributed by atoms with E-state index in [1.165, 1.54) is 13.2 Å². The molecule has 0 aliphatic heterocycles. The Labute approximate surface area is 166 Å². The van der Waals surface area contributed by atoms with Gasteiger partial charge in [0, 0.05) is 12.6 Å². The lowest BCUT2D eigenvalue weighted by atomic mass is 10.2. The molecule has 0 bridgehead atoms. The second kappa shape index (κ2) is 9.11. The van der Waals surface area contributed by atoms with Crippen molar-refractivity contribution in [2.75, 3.05) is 26.9 Å². The molecule has 152 valence electrons. The molecule has 2 N–H and O–H groups in total. The molecule has 8 heteroatoms. The third-order valence-corrected chi connectivity index (χ3v) is 4.07. The quantitative estimate of drug-likeness (QED) is 0.599. The summed E-state index contributed by atoms with van der Waals surface area (Å²) in [6.45, 7) is 1.42. The molecule has 0 spiro atoms. The average molecular weight is 399 g/mol. The fourth-order valence-corrected chi connectivity index (χ4v) is 2.68. The van der Waals surface area contributed by atoms with Gasteiger partial charge in [-0.05, 0) is 31.2 Å². The van der Waals surface area contributed by atoms with Crippen molar-refractivity contribution in [1.82, 2.24) is 5.32 Å². The molecule has 0 aliphatic rings. The minimum Gasteiger partial charge on any atom is -0.493 e. The van der Waals surface area contributed by atoms with Crippen LogP contribution in [0.1, 0.15) is 5.76 Å². The maximum atomic E-state index is 12.9. The van der Waals surface area contributed by atoms with Gasteiger partial charge in [-0.3, -0.25) is 9.59 Å². The smallest absolute Gasteiger partial charge is 0.258 e. The van der Waals surface area contributed by atoms with E-state index >= 15 is 0 Å². The van der Waals surface area contributed by atoms with Crippen LogP contribution in [0.5, 0.6) is 23.0 Å². The molecule has 1 heterocycles. The van der Waals surface area contributed by atoms with Gasteiger partial charge in [0.05, 0.1) is 19.1 Å². The molecule has 1 amide bonds. The van der Waals surface area contributed by atoms with Gasteiger partial charge in [0.1, 0.15) is 17.1 Å². The second-order valence-corrected chi connectivity index (χ2v) is 6.09. The number of amides is 1. The first-order valence-corrected chi connectivity index (χ1v) is 8.92. The molecule has 3 aromatic rings. The number of nitrogens with one attached hydrogen (secondary N) is 1. The number of hydrogen-bond acceptors (Lipinski definition) is 7. The van der Waals surface area contributed by atoms with E-state index in [1.54, 1.807) is 43.3 Å². The van der Waals surface area contributed by atoms with Gasteiger partial charge in [-0.15, -0.1) is 0 Å². The molecular formula is C21H21NO7. The zero-order valence-corrected chi connectivity index (χ0v) is 16.1. The van der Waals surface area contributed by atoms with E-state index in [1.807, 2.05) is 0 Å². The molecule has 0 atom stereocenters. The predicted octanol–water partition coefficient (Wildman–Crippen LogP) is 2.39. The van der Waals surface area contributed by atoms with E-state index < -0.39 is 0 Å². The Morgan fingerprint density at radius 2 is 1.93 bits per heavy atom. The molecule has 0 radical (unpaired) electrons. The molecule has 0 saturated carbocycles. The first kappa shape index (κ1) is 20.2. The number of hydrogen-bond donors (Lipinski definition) is 2. The highest BCUT2D eigenvalue weighted by Crippen LogP contribution is 2.32. The van der Waals surface area contributed by atoms with Crippen molar-refractivity contribution in [3.63, 3.8) is 0 Å². The van der Waals surface area contributed by atoms with Crippen LogP contribution in [-0.2, 0) is 4.79 Å². The summed E-state index contributed by atoms with van der Waals surface area (Å²) in [5, 5.41) is 11.5. The van der Waals surface area contributed by atoms with Gasteiger partial charge in [-0.25, -0.2) is 0 Å². The van der Waals surface area contributed by atoms with Crippen molar-refractivity contribution in [2.24, 2.45) is 0 Å². The van der Waals surface area contributed by atoms with Crippen molar-refractivity contribution >= 4 is 16.9 Å². The van der Waals surface area contributed by atoms with E-state index in [0.717, 1.165) is 0 Å². The van der Waals surface area contributed by atoms with Crippen LogP contribution in [0.15, 0.2) is 51.7 Å². The molecule has 0 fully saturated rings. The fourth-order valence-electron chi connectivity index (χ4n) is 2.68. The number of benzene rings is 2. The standard InChI is InChI=1S/C21H21NO7/c1-13-21(29-17-6-4-3-5-16(17)26-2)20(25)15-8-7-14(11-18(15)28-13)27-12-19(24)22-9-10-23/h3-8,11,23H,9-10,12H2,1-2H3,(H,22,24). The lowest BCUT2D eigenvalue weighted by molar-refractivity contribution is -0.123. The number of aliphatic hydroxyl groups is 1. The molecule has 1 aromatic heterocycles. The third-order valence-electron chi connectivity index (χ3n) is 4.07. The maximum Gasteiger partial charge on any atom is 0.258 e. The van der Waals surface area contributed by atoms with Crippen LogP contribution in [0.25, 0.3) is 11.0 Å². The van der Waals surface area contributed by atoms with Crippen LogP contribution in [0.3, 0.4) is 0 Å². The van der Waals surface area contributed by atoms with Gasteiger partial charge >= 0.3 is 0 Å². The van der Waals surface area contributed by atoms with E-state index in [2.05, 4.69) is 5.32 Å². The lowest BCUT2D eigenvalue weighted by Crippen LogP contribution is -2.31. The first-order chi connectivity index (χ1) is 14.0. The zero-order chi connectivity index (χ0) is 20.8. The monoisotopic (exact) mass is 399 g/mol. The van der Waals surface area contributed by atoms with Gasteiger partial charge < -0.3 is 29.1 Å². The average Bonchev–Trinajstić information content (AvgIpc) is 2.73. The number of aryl methyl sites for hydroxylation is 1. The Bertz CT molecular complexity index is 1070. The summed E-state index contributed by atoms with van der Waals surface area (Å²) in [7, 11) is 1.52. The third kappa shape index (κ3) is 4.67. The number of carbonyl (C=O) groups excluding carboxylic acids is 1. The van der Waals surface area contributed by atoms with Gasteiger partial charge in [0.15, 0.2) is 18.1 Å². The van der Waals surface area contributed by atoms with Gasteiger partial charge in [-0.2, -0.15) is 0 Å². The molecule has 2 aromatic carbocycles. The number of carbonyl (C=O) groups is 1. The summed E-state index contributed by atoms with van der Waals surface area (Å²) in [5.74, 6) is 1.27. The second-order valence-electron chi connectivity index (χ2n) is 6.09. The molecule has 0 saturated heterocycles. The summed E-state index contributed by atoms with van der Waals surface area (Å²) < 4.78 is 22.2. The summed E-state index contributed by atoms with van der Waals surface area (Å²) in [6.07, 6.45) is 0. The minimum absolute atomic E-state index is 0.0686. The summed E-state index contributed by atoms with van der Waals surface area (Å²) in [5.41, 5.74) is -0.0185.